The number of nitrogens with zero attached hydrogens (tertiary/aromatic N) is 10. The maximum atomic E-state index is 15.7. The van der Waals surface area contributed by atoms with Crippen molar-refractivity contribution in [3.8, 4) is 11.4 Å². The molecule has 410 valence electrons. The van der Waals surface area contributed by atoms with E-state index in [2.05, 4.69) is 30.3 Å². The van der Waals surface area contributed by atoms with Crippen molar-refractivity contribution in [3.05, 3.63) is 137 Å². The topological polar surface area (TPSA) is 257 Å². The molecule has 2 aliphatic rings. The van der Waals surface area contributed by atoms with Crippen molar-refractivity contribution in [2.24, 2.45) is 17.4 Å². The number of carbonyl (C=O) groups excluding carboxylic acids is 3. The lowest BCUT2D eigenvalue weighted by molar-refractivity contribution is -0.753. The fourth-order valence-electron chi connectivity index (χ4n) is 9.66. The Kier molecular flexibility index (Phi) is 17.8. The standard InChI is InChI=1S/C53H65F2N13O9/c1-5-47(35(2)69)68-51(72)67(33-61-68)42-13-11-40(12-14-42)63-22-24-64(25-23-63)41-15-17-43(18-16-41)74-28-37-27-53(76-29-37,44-19-10-39(54)26-45(44)55)31-66-34-65(32-60-66)36(3)77-52(73)62(4)48-38(8-6-20-58-48)30-75-49(70)46(56)9-7-21-59-50(57)71/h6,8,10-20,26,32-37,46-47,69H,5,7,9,21-25,27-31,56H2,1-4H3,(H2-,57,59,71)/p+1/t35-,36?,37+,46-,47-,53-/m0/s1. The zero-order chi connectivity index (χ0) is 54.8. The number of primary amides is 1. The fraction of sp³-hybridized carbons (Fsp3) is 0.434. The summed E-state index contributed by atoms with van der Waals surface area (Å²) in [5.41, 5.74) is 12.9. The summed E-state index contributed by atoms with van der Waals surface area (Å²) in [4.78, 5) is 60.2. The van der Waals surface area contributed by atoms with Crippen LogP contribution >= 0.6 is 0 Å². The molecule has 2 aliphatic heterocycles. The molecule has 22 nitrogen and oxygen atoms in total. The zero-order valence-electron chi connectivity index (χ0n) is 43.5. The number of hydrogen-bond acceptors (Lipinski definition) is 15. The molecule has 3 amide bonds. The summed E-state index contributed by atoms with van der Waals surface area (Å²) in [6.07, 6.45) is 5.22. The summed E-state index contributed by atoms with van der Waals surface area (Å²) in [6.45, 7) is 8.93. The number of piperazine rings is 1. The van der Waals surface area contributed by atoms with Crippen LogP contribution in [-0.2, 0) is 37.8 Å². The minimum absolute atomic E-state index is 0.0373. The van der Waals surface area contributed by atoms with Crippen LogP contribution in [0.25, 0.3) is 5.69 Å². The van der Waals surface area contributed by atoms with Gasteiger partial charge in [0.25, 0.3) is 6.33 Å². The SMILES string of the molecule is CC[C@@H]([C@H](C)O)n1ncn(-c2ccc(N3CCN(c4ccc(OC[C@@H]5CO[C@@](Cn6c[n+](C(C)OC(=O)N(C)c7ncccc7COC(=O)[C@@H](N)CCCNC(N)=O)cn6)(c6ccc(F)cc6F)C5)cc4)CC3)cc2)c1=O. The minimum Gasteiger partial charge on any atom is -0.493 e. The Bertz CT molecular complexity index is 3020. The van der Waals surface area contributed by atoms with Crippen molar-refractivity contribution in [3.63, 3.8) is 0 Å². The first kappa shape index (κ1) is 55.3. The average Bonchev–Trinajstić information content (AvgIpc) is 4.20. The molecule has 1 unspecified atom stereocenters. The monoisotopic (exact) mass is 1070 g/mol. The molecular weight excluding hydrogens is 1000 g/mol. The van der Waals surface area contributed by atoms with Gasteiger partial charge in [-0.1, -0.05) is 19.1 Å². The Morgan fingerprint density at radius 1 is 0.987 bits per heavy atom. The molecule has 6 N–H and O–H groups in total. The molecule has 0 radical (unpaired) electrons. The number of aliphatic hydroxyl groups is 1. The number of amides is 3. The van der Waals surface area contributed by atoms with Crippen molar-refractivity contribution >= 4 is 35.3 Å². The molecule has 77 heavy (non-hydrogen) atoms. The van der Waals surface area contributed by atoms with Gasteiger partial charge in [-0.2, -0.15) is 9.67 Å². The van der Waals surface area contributed by atoms with E-state index in [4.69, 9.17) is 30.4 Å². The van der Waals surface area contributed by atoms with Crippen LogP contribution in [0.1, 0.15) is 69.9 Å². The van der Waals surface area contributed by atoms with Crippen LogP contribution < -0.4 is 46.5 Å². The summed E-state index contributed by atoms with van der Waals surface area (Å²) in [5, 5.41) is 21.3. The number of benzene rings is 3. The van der Waals surface area contributed by atoms with Crippen molar-refractivity contribution in [1.29, 1.82) is 0 Å². The highest BCUT2D eigenvalue weighted by Gasteiger charge is 2.46. The molecule has 2 saturated heterocycles. The predicted molar refractivity (Wildman–Crippen MR) is 278 cm³/mol. The lowest BCUT2D eigenvalue weighted by Gasteiger charge is -2.37. The van der Waals surface area contributed by atoms with E-state index in [1.165, 1.54) is 52.2 Å². The van der Waals surface area contributed by atoms with Gasteiger partial charge in [0, 0.05) is 92.5 Å². The normalized spacial score (nSPS) is 18.1. The number of anilines is 3. The first-order chi connectivity index (χ1) is 37.0. The number of pyridine rings is 1. The second-order valence-corrected chi connectivity index (χ2v) is 19.3. The van der Waals surface area contributed by atoms with E-state index in [-0.39, 0.29) is 62.3 Å². The van der Waals surface area contributed by atoms with Crippen LogP contribution in [0.15, 0.2) is 109 Å². The molecule has 2 fully saturated rings. The molecule has 3 aromatic carbocycles. The van der Waals surface area contributed by atoms with Gasteiger partial charge in [-0.15, -0.1) is 4.68 Å². The van der Waals surface area contributed by atoms with Gasteiger partial charge in [0.1, 0.15) is 54.3 Å². The maximum Gasteiger partial charge on any atom is 0.418 e. The number of esters is 1. The largest absolute Gasteiger partial charge is 0.493 e. The Balaban J connectivity index is 0.833. The highest BCUT2D eigenvalue weighted by molar-refractivity contribution is 5.86. The molecule has 0 saturated carbocycles. The first-order valence-electron chi connectivity index (χ1n) is 25.6. The third-order valence-electron chi connectivity index (χ3n) is 13.9. The van der Waals surface area contributed by atoms with E-state index < -0.39 is 59.7 Å². The molecule has 6 aromatic rings. The zero-order valence-corrected chi connectivity index (χ0v) is 43.5. The van der Waals surface area contributed by atoms with E-state index in [9.17, 15) is 28.7 Å². The van der Waals surface area contributed by atoms with Gasteiger partial charge in [-0.05, 0) is 93.3 Å². The van der Waals surface area contributed by atoms with E-state index in [1.54, 1.807) is 41.6 Å². The molecule has 0 aliphatic carbocycles. The number of aliphatic hydroxyl groups excluding tert-OH is 1. The summed E-state index contributed by atoms with van der Waals surface area (Å²) < 4.78 is 59.7. The van der Waals surface area contributed by atoms with Gasteiger partial charge in [-0.25, -0.2) is 37.4 Å². The van der Waals surface area contributed by atoms with E-state index in [1.807, 2.05) is 55.5 Å². The van der Waals surface area contributed by atoms with Gasteiger partial charge >= 0.3 is 23.8 Å². The number of nitrogens with one attached hydrogen (secondary N) is 1. The molecule has 8 rings (SSSR count). The summed E-state index contributed by atoms with van der Waals surface area (Å²) in [5.74, 6) is -1.48. The lowest BCUT2D eigenvalue weighted by atomic mass is 9.87. The number of ether oxygens (including phenoxy) is 4. The summed E-state index contributed by atoms with van der Waals surface area (Å²) >= 11 is 0. The first-order valence-corrected chi connectivity index (χ1v) is 25.6. The Hall–Kier alpha value is -7.96. The molecule has 0 bridgehead atoms. The number of carbonyl (C=O) groups is 3. The van der Waals surface area contributed by atoms with Crippen molar-refractivity contribution in [2.45, 2.75) is 89.6 Å². The van der Waals surface area contributed by atoms with E-state index in [0.717, 1.165) is 43.6 Å². The van der Waals surface area contributed by atoms with Crippen LogP contribution in [0.5, 0.6) is 5.75 Å². The third kappa shape index (κ3) is 13.4. The van der Waals surface area contributed by atoms with Gasteiger partial charge in [0.2, 0.25) is 12.6 Å². The summed E-state index contributed by atoms with van der Waals surface area (Å²) in [6, 6.07) is 20.4. The van der Waals surface area contributed by atoms with E-state index in [0.29, 0.717) is 36.3 Å². The van der Waals surface area contributed by atoms with Crippen molar-refractivity contribution in [1.82, 2.24) is 34.4 Å². The second-order valence-electron chi connectivity index (χ2n) is 19.3. The Labute approximate surface area is 443 Å². The van der Waals surface area contributed by atoms with Crippen LogP contribution in [0.3, 0.4) is 0 Å². The van der Waals surface area contributed by atoms with Gasteiger partial charge in [0.05, 0.1) is 31.0 Å². The summed E-state index contributed by atoms with van der Waals surface area (Å²) in [7, 11) is 1.46. The molecule has 24 heteroatoms. The number of halogens is 2. The number of urea groups is 1. The Morgan fingerprint density at radius 2 is 1.68 bits per heavy atom. The highest BCUT2D eigenvalue weighted by Crippen LogP contribution is 2.42. The third-order valence-corrected chi connectivity index (χ3v) is 13.9. The van der Waals surface area contributed by atoms with Gasteiger partial charge < -0.3 is 50.6 Å². The molecular formula is C53H66F2N13O9+. The smallest absolute Gasteiger partial charge is 0.418 e. The fourth-order valence-corrected chi connectivity index (χ4v) is 9.66. The number of nitrogens with two attached hydrogens (primary N) is 2. The number of aromatic nitrogens is 7. The molecule has 3 aromatic heterocycles. The minimum atomic E-state index is -1.25. The van der Waals surface area contributed by atoms with E-state index >= 15 is 4.39 Å². The predicted octanol–water partition coefficient (Wildman–Crippen LogP) is 4.47. The molecule has 6 atom stereocenters. The number of hydrogen-bond donors (Lipinski definition) is 4. The van der Waals surface area contributed by atoms with Crippen LogP contribution in [0.4, 0.5) is 35.6 Å². The van der Waals surface area contributed by atoms with Crippen LogP contribution in [-0.4, -0.2) is 117 Å². The molecule has 0 spiro atoms. The lowest BCUT2D eigenvalue weighted by Crippen LogP contribution is -2.46. The average molecular weight is 1070 g/mol. The van der Waals surface area contributed by atoms with Crippen molar-refractivity contribution in [2.75, 3.05) is 67.7 Å². The Morgan fingerprint density at radius 3 is 2.34 bits per heavy atom. The van der Waals surface area contributed by atoms with Crippen LogP contribution in [0.2, 0.25) is 0 Å². The highest BCUT2D eigenvalue weighted by atomic mass is 19.1. The van der Waals surface area contributed by atoms with Gasteiger partial charge in [-0.3, -0.25) is 9.69 Å². The number of rotatable bonds is 22. The maximum absolute atomic E-state index is 15.7. The second kappa shape index (κ2) is 24.8. The van der Waals surface area contributed by atoms with Crippen molar-refractivity contribution < 1.29 is 51.8 Å². The molecule has 5 heterocycles. The van der Waals surface area contributed by atoms with Crippen LogP contribution in [0, 0.1) is 17.6 Å². The van der Waals surface area contributed by atoms with Gasteiger partial charge in [0.15, 0.2) is 0 Å². The quantitative estimate of drug-likeness (QED) is 0.0416.